The first-order valence-electron chi connectivity index (χ1n) is 12.9. The fourth-order valence-electron chi connectivity index (χ4n) is 2.49. The van der Waals surface area contributed by atoms with Gasteiger partial charge in [-0.2, -0.15) is 0 Å². The van der Waals surface area contributed by atoms with Gasteiger partial charge in [0.05, 0.1) is 52.9 Å². The second-order valence-electron chi connectivity index (χ2n) is 8.72. The monoisotopic (exact) mass is 700 g/mol. The molecule has 0 fully saturated rings. The van der Waals surface area contributed by atoms with Crippen molar-refractivity contribution < 1.29 is 47.5 Å². The SMILES string of the molecule is CN(CCO)CCO.COCCN(C)CCOP(=O)(OCCN(C)CCO)OCCN(C)CCOC.O=P(Cl)(Cl)Cl. The van der Waals surface area contributed by atoms with E-state index in [-0.39, 0.29) is 39.6 Å². The third kappa shape index (κ3) is 40.9. The minimum Gasteiger partial charge on any atom is -0.395 e. The molecule has 0 aromatic heterocycles. The van der Waals surface area contributed by atoms with Crippen molar-refractivity contribution in [3.8, 4) is 0 Å². The van der Waals surface area contributed by atoms with Gasteiger partial charge in [0.1, 0.15) is 0 Å². The van der Waals surface area contributed by atoms with E-state index in [4.69, 9.17) is 38.4 Å². The number of nitrogens with zero attached hydrogens (tertiary/aromatic N) is 4. The normalized spacial score (nSPS) is 12.1. The summed E-state index contributed by atoms with van der Waals surface area (Å²) in [5, 5.41) is 22.4. The second-order valence-corrected chi connectivity index (χ2v) is 17.0. The number of halogens is 3. The van der Waals surface area contributed by atoms with Gasteiger partial charge in [-0.15, -0.1) is 0 Å². The van der Waals surface area contributed by atoms with E-state index in [0.29, 0.717) is 52.5 Å². The first-order valence-corrected chi connectivity index (χ1v) is 18.8. The molecule has 0 aromatic rings. The molecule has 0 aromatic carbocycles. The summed E-state index contributed by atoms with van der Waals surface area (Å²) in [6.07, 6.45) is 0. The quantitative estimate of drug-likeness (QED) is 0.126. The molecule has 0 unspecified atom stereocenters. The summed E-state index contributed by atoms with van der Waals surface area (Å²) in [7, 11) is 7.21. The summed E-state index contributed by atoms with van der Waals surface area (Å²) in [5.41, 5.74) is 0. The highest BCUT2D eigenvalue weighted by atomic mass is 36.0. The fraction of sp³-hybridized carbons (Fsp3) is 1.00. The lowest BCUT2D eigenvalue weighted by Crippen LogP contribution is -2.28. The van der Waals surface area contributed by atoms with Crippen LogP contribution >= 0.6 is 46.7 Å². The molecular weight excluding hydrogens is 649 g/mol. The molecule has 0 spiro atoms. The number of aliphatic hydroxyl groups excluding tert-OH is 3. The molecule has 0 rings (SSSR count). The largest absolute Gasteiger partial charge is 0.474 e. The Kier molecular flexibility index (Phi) is 34.8. The van der Waals surface area contributed by atoms with Gasteiger partial charge in [0.2, 0.25) is 0 Å². The van der Waals surface area contributed by atoms with Gasteiger partial charge in [0.25, 0.3) is 0 Å². The first kappa shape index (κ1) is 46.3. The lowest BCUT2D eigenvalue weighted by Gasteiger charge is -2.23. The molecule has 0 bridgehead atoms. The summed E-state index contributed by atoms with van der Waals surface area (Å²) in [4.78, 5) is 7.77. The Morgan fingerprint density at radius 3 is 0.976 bits per heavy atom. The molecule has 0 atom stereocenters. The molecule has 0 aliphatic heterocycles. The summed E-state index contributed by atoms with van der Waals surface area (Å²) < 4.78 is 49.0. The lowest BCUT2D eigenvalue weighted by molar-refractivity contribution is 0.0840. The Morgan fingerprint density at radius 1 is 0.512 bits per heavy atom. The molecule has 0 saturated carbocycles. The molecule has 0 radical (unpaired) electrons. The number of phosphoric acid groups is 1. The van der Waals surface area contributed by atoms with E-state index >= 15 is 0 Å². The van der Waals surface area contributed by atoms with Crippen molar-refractivity contribution in [2.75, 3.05) is 148 Å². The Bertz CT molecular complexity index is 624. The van der Waals surface area contributed by atoms with Crippen LogP contribution in [-0.4, -0.2) is 183 Å². The second kappa shape index (κ2) is 30.9. The van der Waals surface area contributed by atoms with Crippen LogP contribution in [0.15, 0.2) is 0 Å². The van der Waals surface area contributed by atoms with Gasteiger partial charge < -0.3 is 44.4 Å². The molecule has 252 valence electrons. The zero-order valence-corrected chi connectivity index (χ0v) is 29.4. The van der Waals surface area contributed by atoms with Gasteiger partial charge in [0, 0.05) is 66.6 Å². The van der Waals surface area contributed by atoms with Gasteiger partial charge in [-0.1, -0.05) is 0 Å². The molecule has 0 saturated heterocycles. The highest BCUT2D eigenvalue weighted by molar-refractivity contribution is 8.24. The van der Waals surface area contributed by atoms with Crippen LogP contribution in [0.1, 0.15) is 0 Å². The van der Waals surface area contributed by atoms with E-state index in [9.17, 15) is 9.13 Å². The number of likely N-dealkylation sites (N-methyl/N-ethyl adjacent to an activating group) is 4. The van der Waals surface area contributed by atoms with Crippen molar-refractivity contribution in [2.24, 2.45) is 0 Å². The average molecular weight is 702 g/mol. The average Bonchev–Trinajstić information content (AvgIpc) is 2.86. The van der Waals surface area contributed by atoms with Crippen LogP contribution < -0.4 is 0 Å². The van der Waals surface area contributed by atoms with Crippen molar-refractivity contribution in [1.29, 1.82) is 0 Å². The summed E-state index contributed by atoms with van der Waals surface area (Å²) in [6.45, 7) is 7.23. The maximum atomic E-state index is 12.9. The number of methoxy groups -OCH3 is 2. The minimum atomic E-state index is -3.66. The topological polar surface area (TPSA) is 154 Å². The Hall–Kier alpha value is 0.850. The number of phosphoric ester groups is 1. The van der Waals surface area contributed by atoms with Gasteiger partial charge in [-0.05, 0) is 61.9 Å². The highest BCUT2D eigenvalue weighted by Crippen LogP contribution is 2.61. The van der Waals surface area contributed by atoms with Gasteiger partial charge in [0.15, 0.2) is 0 Å². The highest BCUT2D eigenvalue weighted by Gasteiger charge is 2.27. The van der Waals surface area contributed by atoms with Crippen molar-refractivity contribution in [3.63, 3.8) is 0 Å². The predicted octanol–water partition coefficient (Wildman–Crippen LogP) is 1.94. The number of aliphatic hydroxyl groups is 3. The van der Waals surface area contributed by atoms with Crippen molar-refractivity contribution in [3.05, 3.63) is 0 Å². The summed E-state index contributed by atoms with van der Waals surface area (Å²) >= 11 is 13.8. The Morgan fingerprint density at radius 2 is 0.732 bits per heavy atom. The minimum absolute atomic E-state index is 0.0583. The van der Waals surface area contributed by atoms with Gasteiger partial charge in [-0.25, -0.2) is 4.57 Å². The van der Waals surface area contributed by atoms with E-state index in [1.54, 1.807) is 14.2 Å². The Labute approximate surface area is 261 Å². The molecule has 19 heteroatoms. The maximum Gasteiger partial charge on any atom is 0.474 e. The summed E-state index contributed by atoms with van der Waals surface area (Å²) in [5.74, 6) is 0. The molecule has 3 N–H and O–H groups in total. The van der Waals surface area contributed by atoms with E-state index < -0.39 is 13.0 Å². The third-order valence-corrected chi connectivity index (χ3v) is 6.46. The van der Waals surface area contributed by atoms with Crippen LogP contribution in [0.3, 0.4) is 0 Å². The molecule has 0 amide bonds. The Balaban J connectivity index is -0.000000912. The molecule has 0 heterocycles. The summed E-state index contributed by atoms with van der Waals surface area (Å²) in [6, 6.07) is 0. The van der Waals surface area contributed by atoms with Crippen molar-refractivity contribution >= 4 is 46.7 Å². The molecule has 0 aliphatic carbocycles. The number of hydrogen-bond acceptors (Lipinski definition) is 14. The molecule has 41 heavy (non-hydrogen) atoms. The zero-order valence-electron chi connectivity index (χ0n) is 25.3. The lowest BCUT2D eigenvalue weighted by atomic mass is 10.5. The number of ether oxygens (including phenoxy) is 2. The zero-order chi connectivity index (χ0) is 32.2. The molecule has 0 aliphatic rings. The van der Waals surface area contributed by atoms with Crippen LogP contribution in [0, 0.1) is 0 Å². The van der Waals surface area contributed by atoms with Crippen LogP contribution in [-0.2, 0) is 32.2 Å². The van der Waals surface area contributed by atoms with Crippen LogP contribution in [0.4, 0.5) is 0 Å². The number of rotatable bonds is 24. The predicted molar refractivity (Wildman–Crippen MR) is 166 cm³/mol. The number of hydrogen-bond donors (Lipinski definition) is 3. The maximum absolute atomic E-state index is 12.9. The van der Waals surface area contributed by atoms with Crippen LogP contribution in [0.25, 0.3) is 0 Å². The van der Waals surface area contributed by atoms with E-state index in [0.717, 1.165) is 13.1 Å². The van der Waals surface area contributed by atoms with Crippen LogP contribution in [0.5, 0.6) is 0 Å². The molecule has 14 nitrogen and oxygen atoms in total. The molecular formula is C22H53Cl3N4O10P2. The van der Waals surface area contributed by atoms with Gasteiger partial charge >= 0.3 is 13.0 Å². The fourth-order valence-corrected chi connectivity index (χ4v) is 3.63. The van der Waals surface area contributed by atoms with Gasteiger partial charge in [-0.3, -0.25) is 18.1 Å². The van der Waals surface area contributed by atoms with Crippen LogP contribution in [0.2, 0.25) is 0 Å². The van der Waals surface area contributed by atoms with E-state index in [1.165, 1.54) is 0 Å². The smallest absolute Gasteiger partial charge is 0.395 e. The standard InChI is InChI=1S/C17H40N3O7P.C5H13NO2.Cl3OP/c1-18(6-12-21)9-15-25-28(22,26-16-10-19(2)7-13-23-4)27-17-11-20(3)8-14-24-5;1-6(2-4-7)3-5-8;1-5(2,3)4/h21H,6-17H2,1-5H3;7-8H,2-5H2,1H3;. The third-order valence-electron chi connectivity index (χ3n) is 4.97. The van der Waals surface area contributed by atoms with E-state index in [1.807, 2.05) is 47.8 Å². The first-order chi connectivity index (χ1) is 19.2. The van der Waals surface area contributed by atoms with Crippen molar-refractivity contribution in [1.82, 2.24) is 19.6 Å². The van der Waals surface area contributed by atoms with Crippen molar-refractivity contribution in [2.45, 2.75) is 0 Å². The van der Waals surface area contributed by atoms with E-state index in [2.05, 4.69) is 33.7 Å².